The minimum absolute atomic E-state index is 0.0669. The van der Waals surface area contributed by atoms with Crippen LogP contribution < -0.4 is 0 Å². The second-order valence-corrected chi connectivity index (χ2v) is 8.53. The van der Waals surface area contributed by atoms with Gasteiger partial charge in [-0.15, -0.1) is 0 Å². The SMILES string of the molecule is Cc1ccc(F)cc1S(=O)(=O)N(CCCN(C)C)CCCN(C)C. The van der Waals surface area contributed by atoms with E-state index in [0.29, 0.717) is 18.7 Å². The van der Waals surface area contributed by atoms with Crippen LogP contribution in [0.4, 0.5) is 4.39 Å². The van der Waals surface area contributed by atoms with Crippen LogP contribution in [0.1, 0.15) is 18.4 Å². The molecule has 1 rings (SSSR count). The lowest BCUT2D eigenvalue weighted by Crippen LogP contribution is -2.36. The molecular formula is C17H30FN3O2S. The maximum absolute atomic E-state index is 13.6. The molecule has 0 aliphatic carbocycles. The maximum Gasteiger partial charge on any atom is 0.243 e. The van der Waals surface area contributed by atoms with Gasteiger partial charge in [-0.3, -0.25) is 0 Å². The zero-order valence-electron chi connectivity index (χ0n) is 15.4. The first-order chi connectivity index (χ1) is 11.1. The Morgan fingerprint density at radius 1 is 0.917 bits per heavy atom. The van der Waals surface area contributed by atoms with Crippen LogP contribution in [0.5, 0.6) is 0 Å². The molecule has 0 unspecified atom stereocenters. The fraction of sp³-hybridized carbons (Fsp3) is 0.647. The van der Waals surface area contributed by atoms with Gasteiger partial charge in [-0.1, -0.05) is 6.07 Å². The molecule has 0 radical (unpaired) electrons. The smallest absolute Gasteiger partial charge is 0.243 e. The van der Waals surface area contributed by atoms with E-state index < -0.39 is 15.8 Å². The Morgan fingerprint density at radius 2 is 1.42 bits per heavy atom. The van der Waals surface area contributed by atoms with Crippen molar-refractivity contribution in [2.45, 2.75) is 24.7 Å². The maximum atomic E-state index is 13.6. The summed E-state index contributed by atoms with van der Waals surface area (Å²) < 4.78 is 41.0. The summed E-state index contributed by atoms with van der Waals surface area (Å²) in [4.78, 5) is 4.12. The number of aryl methyl sites for hydroxylation is 1. The van der Waals surface area contributed by atoms with E-state index in [1.54, 1.807) is 6.92 Å². The van der Waals surface area contributed by atoms with Crippen molar-refractivity contribution in [3.63, 3.8) is 0 Å². The van der Waals surface area contributed by atoms with Gasteiger partial charge in [0.25, 0.3) is 0 Å². The van der Waals surface area contributed by atoms with Gasteiger partial charge in [0.15, 0.2) is 0 Å². The summed E-state index contributed by atoms with van der Waals surface area (Å²) in [5.74, 6) is -0.527. The molecule has 0 spiro atoms. The van der Waals surface area contributed by atoms with E-state index in [2.05, 4.69) is 0 Å². The van der Waals surface area contributed by atoms with E-state index in [1.165, 1.54) is 16.4 Å². The lowest BCUT2D eigenvalue weighted by molar-refractivity contribution is 0.326. The van der Waals surface area contributed by atoms with Gasteiger partial charge in [0.1, 0.15) is 5.82 Å². The molecule has 0 N–H and O–H groups in total. The van der Waals surface area contributed by atoms with Gasteiger partial charge in [-0.25, -0.2) is 12.8 Å². The van der Waals surface area contributed by atoms with Crippen molar-refractivity contribution in [3.8, 4) is 0 Å². The number of sulfonamides is 1. The summed E-state index contributed by atoms with van der Waals surface area (Å²) in [6.45, 7) is 4.18. The third kappa shape index (κ3) is 6.47. The number of hydrogen-bond donors (Lipinski definition) is 0. The summed E-state index contributed by atoms with van der Waals surface area (Å²) in [6, 6.07) is 3.92. The van der Waals surface area contributed by atoms with Crippen molar-refractivity contribution >= 4 is 10.0 Å². The Kier molecular flexibility index (Phi) is 8.29. The molecule has 0 aliphatic heterocycles. The molecule has 0 saturated heterocycles. The van der Waals surface area contributed by atoms with Crippen molar-refractivity contribution in [2.75, 3.05) is 54.4 Å². The molecule has 24 heavy (non-hydrogen) atoms. The first-order valence-corrected chi connectivity index (χ1v) is 9.64. The number of halogens is 1. The Morgan fingerprint density at radius 3 is 1.88 bits per heavy atom. The molecule has 7 heteroatoms. The van der Waals surface area contributed by atoms with Crippen LogP contribution in [-0.4, -0.2) is 76.9 Å². The molecule has 1 aromatic carbocycles. The number of nitrogens with zero attached hydrogens (tertiary/aromatic N) is 3. The predicted molar refractivity (Wildman–Crippen MR) is 96.2 cm³/mol. The largest absolute Gasteiger partial charge is 0.309 e. The molecule has 5 nitrogen and oxygen atoms in total. The molecule has 138 valence electrons. The minimum Gasteiger partial charge on any atom is -0.309 e. The van der Waals surface area contributed by atoms with Crippen molar-refractivity contribution in [1.29, 1.82) is 0 Å². The molecule has 1 aromatic rings. The first kappa shape index (κ1) is 21.0. The van der Waals surface area contributed by atoms with Crippen molar-refractivity contribution in [1.82, 2.24) is 14.1 Å². The monoisotopic (exact) mass is 359 g/mol. The standard InChI is InChI=1S/C17H30FN3O2S/c1-15-8-9-16(18)14-17(15)24(22,23)21(12-6-10-19(2)3)13-7-11-20(4)5/h8-9,14H,6-7,10-13H2,1-5H3. The van der Waals surface area contributed by atoms with Crippen LogP contribution in [0.3, 0.4) is 0 Å². The van der Waals surface area contributed by atoms with E-state index in [-0.39, 0.29) is 4.90 Å². The van der Waals surface area contributed by atoms with Gasteiger partial charge in [0.05, 0.1) is 4.90 Å². The second kappa shape index (κ2) is 9.46. The van der Waals surface area contributed by atoms with Gasteiger partial charge < -0.3 is 9.80 Å². The Balaban J connectivity index is 2.98. The van der Waals surface area contributed by atoms with E-state index in [1.807, 2.05) is 38.0 Å². The fourth-order valence-corrected chi connectivity index (χ4v) is 4.22. The van der Waals surface area contributed by atoms with Crippen LogP contribution in [0, 0.1) is 12.7 Å². The Hall–Kier alpha value is -1.02. The van der Waals surface area contributed by atoms with Crippen molar-refractivity contribution < 1.29 is 12.8 Å². The van der Waals surface area contributed by atoms with Crippen molar-refractivity contribution in [2.24, 2.45) is 0 Å². The highest BCUT2D eigenvalue weighted by Crippen LogP contribution is 2.21. The number of rotatable bonds is 10. The summed E-state index contributed by atoms with van der Waals surface area (Å²) in [6.07, 6.45) is 1.48. The van der Waals surface area contributed by atoms with E-state index in [9.17, 15) is 12.8 Å². The molecule has 0 atom stereocenters. The van der Waals surface area contributed by atoms with Gasteiger partial charge >= 0.3 is 0 Å². The minimum atomic E-state index is -3.69. The average molecular weight is 360 g/mol. The molecule has 0 aromatic heterocycles. The summed E-state index contributed by atoms with van der Waals surface area (Å²) in [7, 11) is 4.15. The van der Waals surface area contributed by atoms with Gasteiger partial charge in [0, 0.05) is 13.1 Å². The third-order valence-corrected chi connectivity index (χ3v) is 5.83. The third-order valence-electron chi connectivity index (χ3n) is 3.79. The fourth-order valence-electron chi connectivity index (χ4n) is 2.47. The van der Waals surface area contributed by atoms with E-state index in [0.717, 1.165) is 32.0 Å². The number of hydrogen-bond acceptors (Lipinski definition) is 4. The van der Waals surface area contributed by atoms with Crippen LogP contribution >= 0.6 is 0 Å². The van der Waals surface area contributed by atoms with Crippen LogP contribution in [0.15, 0.2) is 23.1 Å². The normalized spacial score (nSPS) is 12.5. The van der Waals surface area contributed by atoms with Gasteiger partial charge in [-0.2, -0.15) is 4.31 Å². The lowest BCUT2D eigenvalue weighted by atomic mass is 10.2. The van der Waals surface area contributed by atoms with Gasteiger partial charge in [0.2, 0.25) is 10.0 Å². The highest BCUT2D eigenvalue weighted by Gasteiger charge is 2.26. The van der Waals surface area contributed by atoms with E-state index in [4.69, 9.17) is 0 Å². The zero-order chi connectivity index (χ0) is 18.3. The van der Waals surface area contributed by atoms with Crippen LogP contribution in [0.25, 0.3) is 0 Å². The number of benzene rings is 1. The van der Waals surface area contributed by atoms with Crippen LogP contribution in [0.2, 0.25) is 0 Å². The molecular weight excluding hydrogens is 329 g/mol. The molecule has 0 heterocycles. The molecule has 0 bridgehead atoms. The van der Waals surface area contributed by atoms with Crippen molar-refractivity contribution in [3.05, 3.63) is 29.6 Å². The average Bonchev–Trinajstić information content (AvgIpc) is 2.47. The summed E-state index contributed by atoms with van der Waals surface area (Å²) >= 11 is 0. The molecule has 0 aliphatic rings. The lowest BCUT2D eigenvalue weighted by Gasteiger charge is -2.24. The topological polar surface area (TPSA) is 43.9 Å². The molecule has 0 fully saturated rings. The highest BCUT2D eigenvalue weighted by molar-refractivity contribution is 7.89. The van der Waals surface area contributed by atoms with E-state index >= 15 is 0 Å². The summed E-state index contributed by atoms with van der Waals surface area (Å²) in [5, 5.41) is 0. The molecule has 0 amide bonds. The predicted octanol–water partition coefficient (Wildman–Crippen LogP) is 2.03. The van der Waals surface area contributed by atoms with Crippen LogP contribution in [-0.2, 0) is 10.0 Å². The second-order valence-electron chi connectivity index (χ2n) is 6.63. The first-order valence-electron chi connectivity index (χ1n) is 8.20. The summed E-state index contributed by atoms with van der Waals surface area (Å²) in [5.41, 5.74) is 0.571. The van der Waals surface area contributed by atoms with Gasteiger partial charge in [-0.05, 0) is 78.7 Å². The Labute approximate surface area is 146 Å². The Bertz CT molecular complexity index is 604. The highest BCUT2D eigenvalue weighted by atomic mass is 32.2. The molecule has 0 saturated carbocycles. The quantitative estimate of drug-likeness (QED) is 0.641. The zero-order valence-corrected chi connectivity index (χ0v) is 16.2.